The van der Waals surface area contributed by atoms with E-state index in [4.69, 9.17) is 0 Å². The van der Waals surface area contributed by atoms with Crippen LogP contribution >= 0.6 is 0 Å². The maximum absolute atomic E-state index is 4.46. The zero-order chi connectivity index (χ0) is 11.8. The Morgan fingerprint density at radius 3 is 2.88 bits per heavy atom. The molecule has 17 heavy (non-hydrogen) atoms. The lowest BCUT2D eigenvalue weighted by Crippen LogP contribution is -1.99. The molecule has 0 saturated heterocycles. The molecule has 1 aromatic carbocycles. The van der Waals surface area contributed by atoms with Gasteiger partial charge in [-0.2, -0.15) is 5.10 Å². The smallest absolute Gasteiger partial charge is 0.0568 e. The highest BCUT2D eigenvalue weighted by Gasteiger charge is 2.22. The van der Waals surface area contributed by atoms with Gasteiger partial charge < -0.3 is 0 Å². The maximum atomic E-state index is 4.46. The third-order valence-electron chi connectivity index (χ3n) is 3.48. The molecule has 0 radical (unpaired) electrons. The van der Waals surface area contributed by atoms with Gasteiger partial charge in [-0.3, -0.25) is 4.68 Å². The van der Waals surface area contributed by atoms with Crippen molar-refractivity contribution in [2.24, 2.45) is 5.92 Å². The number of rotatable bonds is 3. The topological polar surface area (TPSA) is 17.8 Å². The summed E-state index contributed by atoms with van der Waals surface area (Å²) < 4.78 is 2.09. The highest BCUT2D eigenvalue weighted by molar-refractivity contribution is 5.66. The molecule has 0 unspecified atom stereocenters. The van der Waals surface area contributed by atoms with Gasteiger partial charge in [-0.05, 0) is 43.7 Å². The molecule has 1 aliphatic carbocycles. The van der Waals surface area contributed by atoms with E-state index in [9.17, 15) is 0 Å². The van der Waals surface area contributed by atoms with Crippen molar-refractivity contribution in [3.05, 3.63) is 41.7 Å². The fourth-order valence-corrected chi connectivity index (χ4v) is 2.21. The van der Waals surface area contributed by atoms with Crippen LogP contribution in [-0.4, -0.2) is 9.78 Å². The molecule has 0 spiro atoms. The molecule has 2 heteroatoms. The molecule has 1 aliphatic rings. The molecule has 1 heterocycles. The van der Waals surface area contributed by atoms with Crippen LogP contribution in [0.15, 0.2) is 30.6 Å². The molecule has 2 aromatic rings. The van der Waals surface area contributed by atoms with Gasteiger partial charge in [0.05, 0.1) is 6.20 Å². The van der Waals surface area contributed by atoms with Crippen LogP contribution in [0.4, 0.5) is 0 Å². The van der Waals surface area contributed by atoms with Gasteiger partial charge in [-0.15, -0.1) is 0 Å². The molecule has 0 atom stereocenters. The first-order valence-corrected chi connectivity index (χ1v) is 6.32. The first-order valence-electron chi connectivity index (χ1n) is 6.32. The molecule has 0 aliphatic heterocycles. The molecule has 1 saturated carbocycles. The lowest BCUT2D eigenvalue weighted by molar-refractivity contribution is 0.563. The van der Waals surface area contributed by atoms with E-state index in [0.717, 1.165) is 12.5 Å². The van der Waals surface area contributed by atoms with Crippen LogP contribution in [-0.2, 0) is 6.54 Å². The Morgan fingerprint density at radius 2 is 2.12 bits per heavy atom. The summed E-state index contributed by atoms with van der Waals surface area (Å²) in [5.41, 5.74) is 5.18. The highest BCUT2D eigenvalue weighted by Crippen LogP contribution is 2.31. The Balaban J connectivity index is 1.91. The molecule has 88 valence electrons. The summed E-state index contributed by atoms with van der Waals surface area (Å²) in [4.78, 5) is 0. The van der Waals surface area contributed by atoms with Crippen molar-refractivity contribution < 1.29 is 0 Å². The Labute approximate surface area is 102 Å². The minimum atomic E-state index is 0.876. The van der Waals surface area contributed by atoms with E-state index in [1.165, 1.54) is 35.1 Å². The second kappa shape index (κ2) is 4.02. The van der Waals surface area contributed by atoms with Gasteiger partial charge in [0.15, 0.2) is 0 Å². The van der Waals surface area contributed by atoms with E-state index in [1.54, 1.807) is 0 Å². The van der Waals surface area contributed by atoms with Crippen molar-refractivity contribution in [1.82, 2.24) is 9.78 Å². The number of hydrogen-bond donors (Lipinski definition) is 0. The summed E-state index contributed by atoms with van der Waals surface area (Å²) in [6, 6.07) is 6.59. The lowest BCUT2D eigenvalue weighted by Gasteiger charge is -2.04. The molecule has 0 amide bonds. The van der Waals surface area contributed by atoms with Gasteiger partial charge in [0.25, 0.3) is 0 Å². The fraction of sp³-hybridized carbons (Fsp3) is 0.400. The summed E-state index contributed by atoms with van der Waals surface area (Å²) in [7, 11) is 0. The number of hydrogen-bond acceptors (Lipinski definition) is 1. The first-order chi connectivity index (χ1) is 8.22. The van der Waals surface area contributed by atoms with Crippen LogP contribution in [0, 0.1) is 19.8 Å². The van der Waals surface area contributed by atoms with Gasteiger partial charge in [-0.25, -0.2) is 0 Å². The molecule has 2 nitrogen and oxygen atoms in total. The van der Waals surface area contributed by atoms with E-state index in [0.29, 0.717) is 0 Å². The summed E-state index contributed by atoms with van der Waals surface area (Å²) in [6.07, 6.45) is 6.92. The minimum Gasteiger partial charge on any atom is -0.272 e. The van der Waals surface area contributed by atoms with E-state index in [2.05, 4.69) is 48.0 Å². The van der Waals surface area contributed by atoms with Crippen molar-refractivity contribution in [2.45, 2.75) is 33.2 Å². The van der Waals surface area contributed by atoms with Gasteiger partial charge in [0.1, 0.15) is 0 Å². The number of aromatic nitrogens is 2. The molecular weight excluding hydrogens is 208 g/mol. The van der Waals surface area contributed by atoms with Crippen molar-refractivity contribution in [3.8, 4) is 11.1 Å². The Bertz CT molecular complexity index is 536. The van der Waals surface area contributed by atoms with E-state index >= 15 is 0 Å². The summed E-state index contributed by atoms with van der Waals surface area (Å²) >= 11 is 0. The minimum absolute atomic E-state index is 0.876. The van der Waals surface area contributed by atoms with Crippen molar-refractivity contribution in [1.29, 1.82) is 0 Å². The van der Waals surface area contributed by atoms with Gasteiger partial charge in [0.2, 0.25) is 0 Å². The van der Waals surface area contributed by atoms with Crippen LogP contribution in [0.1, 0.15) is 24.0 Å². The number of benzene rings is 1. The molecular formula is C15H18N2. The second-order valence-electron chi connectivity index (χ2n) is 5.21. The van der Waals surface area contributed by atoms with Crippen LogP contribution in [0.25, 0.3) is 11.1 Å². The van der Waals surface area contributed by atoms with E-state index < -0.39 is 0 Å². The Hall–Kier alpha value is -1.57. The predicted octanol–water partition coefficient (Wildman–Crippen LogP) is 3.58. The summed E-state index contributed by atoms with van der Waals surface area (Å²) in [6.45, 7) is 5.38. The fourth-order valence-electron chi connectivity index (χ4n) is 2.21. The second-order valence-corrected chi connectivity index (χ2v) is 5.21. The van der Waals surface area contributed by atoms with Crippen molar-refractivity contribution in [3.63, 3.8) is 0 Å². The molecule has 0 bridgehead atoms. The quantitative estimate of drug-likeness (QED) is 0.782. The molecule has 3 rings (SSSR count). The van der Waals surface area contributed by atoms with E-state index in [-0.39, 0.29) is 0 Å². The number of aryl methyl sites for hydroxylation is 2. The molecule has 1 aromatic heterocycles. The van der Waals surface area contributed by atoms with Crippen molar-refractivity contribution >= 4 is 0 Å². The standard InChI is InChI=1S/C15H18N2/c1-11-3-4-12(2)15(7-11)14-8-16-17(10-14)9-13-5-6-13/h3-4,7-8,10,13H,5-6,9H2,1-2H3. The molecule has 0 N–H and O–H groups in total. The Morgan fingerprint density at radius 1 is 1.29 bits per heavy atom. The average Bonchev–Trinajstić information content (AvgIpc) is 2.99. The number of nitrogens with zero attached hydrogens (tertiary/aromatic N) is 2. The normalized spacial score (nSPS) is 15.2. The van der Waals surface area contributed by atoms with Crippen LogP contribution in [0.5, 0.6) is 0 Å². The zero-order valence-electron chi connectivity index (χ0n) is 10.5. The van der Waals surface area contributed by atoms with E-state index in [1.807, 2.05) is 6.20 Å². The summed E-state index contributed by atoms with van der Waals surface area (Å²) in [5, 5.41) is 4.46. The van der Waals surface area contributed by atoms with Crippen LogP contribution < -0.4 is 0 Å². The summed E-state index contributed by atoms with van der Waals surface area (Å²) in [5.74, 6) is 0.876. The molecule has 1 fully saturated rings. The third kappa shape index (κ3) is 2.26. The van der Waals surface area contributed by atoms with Crippen LogP contribution in [0.2, 0.25) is 0 Å². The average molecular weight is 226 g/mol. The SMILES string of the molecule is Cc1ccc(C)c(-c2cnn(CC3CC3)c2)c1. The zero-order valence-corrected chi connectivity index (χ0v) is 10.5. The van der Waals surface area contributed by atoms with Gasteiger partial charge in [-0.1, -0.05) is 23.8 Å². The predicted molar refractivity (Wildman–Crippen MR) is 69.9 cm³/mol. The van der Waals surface area contributed by atoms with Gasteiger partial charge in [0, 0.05) is 18.3 Å². The van der Waals surface area contributed by atoms with Crippen LogP contribution in [0.3, 0.4) is 0 Å². The highest BCUT2D eigenvalue weighted by atomic mass is 15.3. The monoisotopic (exact) mass is 226 g/mol. The maximum Gasteiger partial charge on any atom is 0.0568 e. The lowest BCUT2D eigenvalue weighted by atomic mass is 10.0. The van der Waals surface area contributed by atoms with Gasteiger partial charge >= 0.3 is 0 Å². The Kier molecular flexibility index (Phi) is 2.50. The largest absolute Gasteiger partial charge is 0.272 e. The third-order valence-corrected chi connectivity index (χ3v) is 3.48. The first kappa shape index (κ1) is 10.6. The van der Waals surface area contributed by atoms with Crippen molar-refractivity contribution in [2.75, 3.05) is 0 Å².